The lowest BCUT2D eigenvalue weighted by Gasteiger charge is -2.10. The number of fused-ring (bicyclic) bond motifs is 1. The molecule has 0 fully saturated rings. The van der Waals surface area contributed by atoms with Gasteiger partial charge in [-0.1, -0.05) is 40.2 Å². The molecule has 0 aromatic heterocycles. The number of rotatable bonds is 6. The molecular formula is C22H17BrN2O4. The SMILES string of the molecule is O=C(N/N=C/c1ccc2c(c1)OCO2)c1ccccc1OCc1cccc(Br)c1. The summed E-state index contributed by atoms with van der Waals surface area (Å²) in [6.45, 7) is 0.563. The van der Waals surface area contributed by atoms with Gasteiger partial charge in [-0.05, 0) is 53.6 Å². The van der Waals surface area contributed by atoms with Crippen molar-refractivity contribution < 1.29 is 19.0 Å². The molecule has 29 heavy (non-hydrogen) atoms. The predicted octanol–water partition coefficient (Wildman–Crippen LogP) is 4.52. The van der Waals surface area contributed by atoms with Gasteiger partial charge in [0.2, 0.25) is 6.79 Å². The molecule has 6 nitrogen and oxygen atoms in total. The highest BCUT2D eigenvalue weighted by molar-refractivity contribution is 9.10. The van der Waals surface area contributed by atoms with E-state index in [9.17, 15) is 4.79 Å². The van der Waals surface area contributed by atoms with Crippen molar-refractivity contribution in [2.24, 2.45) is 5.10 Å². The van der Waals surface area contributed by atoms with E-state index in [2.05, 4.69) is 26.5 Å². The lowest BCUT2D eigenvalue weighted by atomic mass is 10.2. The summed E-state index contributed by atoms with van der Waals surface area (Å²) >= 11 is 3.44. The number of para-hydroxylation sites is 1. The molecule has 0 bridgehead atoms. The van der Waals surface area contributed by atoms with E-state index in [4.69, 9.17) is 14.2 Å². The molecule has 1 amide bonds. The molecule has 0 spiro atoms. The van der Waals surface area contributed by atoms with E-state index in [1.54, 1.807) is 36.5 Å². The fraction of sp³-hybridized carbons (Fsp3) is 0.0909. The normalized spacial score (nSPS) is 12.2. The van der Waals surface area contributed by atoms with Crippen molar-refractivity contribution in [1.82, 2.24) is 5.43 Å². The molecule has 1 heterocycles. The quantitative estimate of drug-likeness (QED) is 0.440. The molecule has 0 unspecified atom stereocenters. The first kappa shape index (κ1) is 19.0. The Hall–Kier alpha value is -3.32. The summed E-state index contributed by atoms with van der Waals surface area (Å²) < 4.78 is 17.4. The van der Waals surface area contributed by atoms with Gasteiger partial charge < -0.3 is 14.2 Å². The van der Waals surface area contributed by atoms with Crippen molar-refractivity contribution in [2.45, 2.75) is 6.61 Å². The highest BCUT2D eigenvalue weighted by Gasteiger charge is 2.13. The predicted molar refractivity (Wildman–Crippen MR) is 113 cm³/mol. The number of benzene rings is 3. The van der Waals surface area contributed by atoms with Gasteiger partial charge in [-0.25, -0.2) is 5.43 Å². The van der Waals surface area contributed by atoms with Crippen LogP contribution >= 0.6 is 15.9 Å². The van der Waals surface area contributed by atoms with Crippen LogP contribution in [0.15, 0.2) is 76.3 Å². The molecule has 4 rings (SSSR count). The topological polar surface area (TPSA) is 69.2 Å². The van der Waals surface area contributed by atoms with Gasteiger partial charge in [0, 0.05) is 4.47 Å². The number of halogens is 1. The zero-order valence-electron chi connectivity index (χ0n) is 15.3. The first-order chi connectivity index (χ1) is 14.2. The Kier molecular flexibility index (Phi) is 5.76. The fourth-order valence-corrected chi connectivity index (χ4v) is 3.23. The van der Waals surface area contributed by atoms with E-state index < -0.39 is 0 Å². The molecular weight excluding hydrogens is 436 g/mol. The molecule has 0 saturated heterocycles. The average molecular weight is 453 g/mol. The minimum absolute atomic E-state index is 0.212. The van der Waals surface area contributed by atoms with Crippen molar-refractivity contribution >= 4 is 28.1 Å². The number of hydrogen-bond donors (Lipinski definition) is 1. The Bertz CT molecular complexity index is 1070. The maximum atomic E-state index is 12.6. The second-order valence-electron chi connectivity index (χ2n) is 6.23. The standard InChI is InChI=1S/C22H17BrN2O4/c23-17-5-3-4-16(10-17)13-27-19-7-2-1-6-18(19)22(26)25-24-12-15-8-9-20-21(11-15)29-14-28-20/h1-12H,13-14H2,(H,25,26)/b24-12+. The van der Waals surface area contributed by atoms with Gasteiger partial charge in [-0.15, -0.1) is 0 Å². The summed E-state index contributed by atoms with van der Waals surface area (Å²) in [4.78, 5) is 12.6. The van der Waals surface area contributed by atoms with Crippen LogP contribution < -0.4 is 19.6 Å². The monoisotopic (exact) mass is 452 g/mol. The van der Waals surface area contributed by atoms with Crippen LogP contribution in [-0.4, -0.2) is 18.9 Å². The number of ether oxygens (including phenoxy) is 3. The fourth-order valence-electron chi connectivity index (χ4n) is 2.79. The Balaban J connectivity index is 1.41. The van der Waals surface area contributed by atoms with Gasteiger partial charge in [0.25, 0.3) is 5.91 Å². The van der Waals surface area contributed by atoms with Crippen LogP contribution in [0.4, 0.5) is 0 Å². The van der Waals surface area contributed by atoms with Crippen molar-refractivity contribution in [1.29, 1.82) is 0 Å². The molecule has 0 atom stereocenters. The lowest BCUT2D eigenvalue weighted by molar-refractivity contribution is 0.0950. The van der Waals surface area contributed by atoms with Crippen LogP contribution in [0.2, 0.25) is 0 Å². The van der Waals surface area contributed by atoms with E-state index >= 15 is 0 Å². The van der Waals surface area contributed by atoms with Crippen LogP contribution in [0.1, 0.15) is 21.5 Å². The zero-order chi connectivity index (χ0) is 20.1. The first-order valence-corrected chi connectivity index (χ1v) is 9.68. The van der Waals surface area contributed by atoms with Crippen LogP contribution in [-0.2, 0) is 6.61 Å². The second-order valence-corrected chi connectivity index (χ2v) is 7.14. The number of carbonyl (C=O) groups is 1. The van der Waals surface area contributed by atoms with Gasteiger partial charge in [0.1, 0.15) is 12.4 Å². The van der Waals surface area contributed by atoms with Crippen LogP contribution in [0.5, 0.6) is 17.2 Å². The molecule has 0 aliphatic carbocycles. The summed E-state index contributed by atoms with van der Waals surface area (Å²) in [5, 5.41) is 4.03. The maximum Gasteiger partial charge on any atom is 0.275 e. The molecule has 7 heteroatoms. The van der Waals surface area contributed by atoms with Gasteiger partial charge >= 0.3 is 0 Å². The third-order valence-corrected chi connectivity index (χ3v) is 4.68. The molecule has 1 N–H and O–H groups in total. The molecule has 3 aromatic carbocycles. The second kappa shape index (κ2) is 8.79. The highest BCUT2D eigenvalue weighted by Crippen LogP contribution is 2.32. The van der Waals surface area contributed by atoms with Crippen LogP contribution in [0.3, 0.4) is 0 Å². The van der Waals surface area contributed by atoms with Gasteiger partial charge in [0.05, 0.1) is 11.8 Å². The smallest absolute Gasteiger partial charge is 0.275 e. The van der Waals surface area contributed by atoms with Gasteiger partial charge in [0.15, 0.2) is 11.5 Å². The summed E-state index contributed by atoms with van der Waals surface area (Å²) in [5.74, 6) is 1.49. The third kappa shape index (κ3) is 4.75. The largest absolute Gasteiger partial charge is 0.488 e. The van der Waals surface area contributed by atoms with E-state index in [1.807, 2.05) is 36.4 Å². The molecule has 0 radical (unpaired) electrons. The number of nitrogens with one attached hydrogen (secondary N) is 1. The van der Waals surface area contributed by atoms with Gasteiger partial charge in [-0.2, -0.15) is 5.10 Å². The van der Waals surface area contributed by atoms with E-state index in [-0.39, 0.29) is 12.7 Å². The number of hydrogen-bond acceptors (Lipinski definition) is 5. The van der Waals surface area contributed by atoms with Crippen LogP contribution in [0, 0.1) is 0 Å². The minimum Gasteiger partial charge on any atom is -0.488 e. The lowest BCUT2D eigenvalue weighted by Crippen LogP contribution is -2.18. The van der Waals surface area contributed by atoms with E-state index in [0.29, 0.717) is 29.4 Å². The van der Waals surface area contributed by atoms with Gasteiger partial charge in [-0.3, -0.25) is 4.79 Å². The Morgan fingerprint density at radius 3 is 2.83 bits per heavy atom. The maximum absolute atomic E-state index is 12.6. The summed E-state index contributed by atoms with van der Waals surface area (Å²) in [6.07, 6.45) is 1.55. The summed E-state index contributed by atoms with van der Waals surface area (Å²) in [5.41, 5.74) is 4.72. The zero-order valence-corrected chi connectivity index (χ0v) is 16.9. The number of hydrazone groups is 1. The molecule has 1 aliphatic rings. The molecule has 1 aliphatic heterocycles. The Morgan fingerprint density at radius 1 is 1.07 bits per heavy atom. The summed E-state index contributed by atoms with van der Waals surface area (Å²) in [7, 11) is 0. The third-order valence-electron chi connectivity index (χ3n) is 4.19. The van der Waals surface area contributed by atoms with Crippen molar-refractivity contribution in [3.63, 3.8) is 0 Å². The minimum atomic E-state index is -0.355. The average Bonchev–Trinajstić information content (AvgIpc) is 3.20. The van der Waals surface area contributed by atoms with Crippen LogP contribution in [0.25, 0.3) is 0 Å². The molecule has 146 valence electrons. The molecule has 3 aromatic rings. The number of carbonyl (C=O) groups excluding carboxylic acids is 1. The Labute approximate surface area is 176 Å². The van der Waals surface area contributed by atoms with Crippen molar-refractivity contribution in [3.8, 4) is 17.2 Å². The molecule has 0 saturated carbocycles. The highest BCUT2D eigenvalue weighted by atomic mass is 79.9. The van der Waals surface area contributed by atoms with Crippen molar-refractivity contribution in [3.05, 3.63) is 87.9 Å². The van der Waals surface area contributed by atoms with E-state index in [0.717, 1.165) is 15.6 Å². The number of amides is 1. The summed E-state index contributed by atoms with van der Waals surface area (Å²) in [6, 6.07) is 20.3. The first-order valence-electron chi connectivity index (χ1n) is 8.88. The number of nitrogens with zero attached hydrogens (tertiary/aromatic N) is 1. The Morgan fingerprint density at radius 2 is 1.93 bits per heavy atom. The van der Waals surface area contributed by atoms with Crippen molar-refractivity contribution in [2.75, 3.05) is 6.79 Å². The van der Waals surface area contributed by atoms with E-state index in [1.165, 1.54) is 0 Å².